The van der Waals surface area contributed by atoms with E-state index in [0.29, 0.717) is 62.6 Å². The van der Waals surface area contributed by atoms with E-state index in [2.05, 4.69) is 31.4 Å². The van der Waals surface area contributed by atoms with Crippen molar-refractivity contribution in [1.29, 1.82) is 0 Å². The topological polar surface area (TPSA) is 132 Å². The van der Waals surface area contributed by atoms with Gasteiger partial charge in [0.1, 0.15) is 11.5 Å². The quantitative estimate of drug-likeness (QED) is 0.205. The molecule has 2 amide bonds. The van der Waals surface area contributed by atoms with Gasteiger partial charge in [0.05, 0.1) is 25.4 Å². The van der Waals surface area contributed by atoms with Crippen molar-refractivity contribution in [3.8, 4) is 11.5 Å². The number of unbranched alkanes of at least 4 members (excludes halogenated alkanes) is 1. The van der Waals surface area contributed by atoms with Crippen LogP contribution >= 0.6 is 0 Å². The van der Waals surface area contributed by atoms with Crippen LogP contribution in [-0.4, -0.2) is 69.6 Å². The molecule has 0 aromatic heterocycles. The lowest BCUT2D eigenvalue weighted by atomic mass is 9.86. The molecule has 0 fully saturated rings. The van der Waals surface area contributed by atoms with Crippen molar-refractivity contribution >= 4 is 11.8 Å². The Balaban J connectivity index is 2.72. The largest absolute Gasteiger partial charge is 0.497 e. The molecule has 1 aromatic carbocycles. The van der Waals surface area contributed by atoms with Gasteiger partial charge in [-0.2, -0.15) is 0 Å². The van der Waals surface area contributed by atoms with Crippen LogP contribution in [0.3, 0.4) is 0 Å². The van der Waals surface area contributed by atoms with Crippen molar-refractivity contribution in [1.82, 2.24) is 10.6 Å². The van der Waals surface area contributed by atoms with Gasteiger partial charge in [0.2, 0.25) is 5.91 Å². The van der Waals surface area contributed by atoms with Crippen molar-refractivity contribution in [2.45, 2.75) is 71.9 Å². The van der Waals surface area contributed by atoms with Gasteiger partial charge in [-0.05, 0) is 43.2 Å². The maximum Gasteiger partial charge on any atom is 0.255 e. The van der Waals surface area contributed by atoms with Crippen LogP contribution in [0.2, 0.25) is 0 Å². The summed E-state index contributed by atoms with van der Waals surface area (Å²) in [5, 5.41) is 16.6. The zero-order valence-corrected chi connectivity index (χ0v) is 23.5. The maximum atomic E-state index is 13.0. The molecule has 0 saturated carbocycles. The Kier molecular flexibility index (Phi) is 15.9. The van der Waals surface area contributed by atoms with Gasteiger partial charge in [-0.25, -0.2) is 0 Å². The Morgan fingerprint density at radius 3 is 2.41 bits per heavy atom. The minimum Gasteiger partial charge on any atom is -0.497 e. The van der Waals surface area contributed by atoms with E-state index in [1.807, 2.05) is 0 Å². The molecule has 4 atom stereocenters. The number of benzene rings is 1. The average molecular weight is 524 g/mol. The Hall–Kier alpha value is -2.36. The molecule has 0 aliphatic carbocycles. The molecule has 0 aliphatic heterocycles. The molecule has 5 N–H and O–H groups in total. The SMILES string of the molecule is CCCCNC(=O)[C@H](C)C[C@H](O)[C@@H](N)C[C@H](CNC(=O)c1ccc(OC)cc1OCCCOC)C(C)C. The van der Waals surface area contributed by atoms with Crippen LogP contribution in [0.15, 0.2) is 18.2 Å². The van der Waals surface area contributed by atoms with E-state index in [-0.39, 0.29) is 29.6 Å². The van der Waals surface area contributed by atoms with Crippen LogP contribution in [-0.2, 0) is 9.53 Å². The first-order valence-electron chi connectivity index (χ1n) is 13.4. The van der Waals surface area contributed by atoms with Crippen LogP contribution < -0.4 is 25.8 Å². The Morgan fingerprint density at radius 1 is 1.05 bits per heavy atom. The highest BCUT2D eigenvalue weighted by Crippen LogP contribution is 2.26. The third-order valence-electron chi connectivity index (χ3n) is 6.59. The van der Waals surface area contributed by atoms with Gasteiger partial charge in [-0.1, -0.05) is 34.1 Å². The molecule has 0 bridgehead atoms. The fraction of sp³-hybridized carbons (Fsp3) is 0.714. The van der Waals surface area contributed by atoms with E-state index in [9.17, 15) is 14.7 Å². The number of amides is 2. The number of hydrogen-bond donors (Lipinski definition) is 4. The van der Waals surface area contributed by atoms with Crippen molar-refractivity contribution in [3.05, 3.63) is 23.8 Å². The van der Waals surface area contributed by atoms with Crippen LogP contribution in [0.25, 0.3) is 0 Å². The molecule has 0 spiro atoms. The fourth-order valence-corrected chi connectivity index (χ4v) is 3.95. The van der Waals surface area contributed by atoms with Gasteiger partial charge in [-0.3, -0.25) is 9.59 Å². The number of hydrogen-bond acceptors (Lipinski definition) is 7. The van der Waals surface area contributed by atoms with Gasteiger partial charge < -0.3 is 35.7 Å². The van der Waals surface area contributed by atoms with Crippen LogP contribution in [0.5, 0.6) is 11.5 Å². The highest BCUT2D eigenvalue weighted by atomic mass is 16.5. The second-order valence-electron chi connectivity index (χ2n) is 10.0. The second-order valence-corrected chi connectivity index (χ2v) is 10.0. The summed E-state index contributed by atoms with van der Waals surface area (Å²) in [5.74, 6) is 0.695. The lowest BCUT2D eigenvalue weighted by Crippen LogP contribution is -2.42. The lowest BCUT2D eigenvalue weighted by Gasteiger charge is -2.28. The zero-order chi connectivity index (χ0) is 27.8. The molecular weight excluding hydrogens is 474 g/mol. The monoisotopic (exact) mass is 523 g/mol. The van der Waals surface area contributed by atoms with E-state index < -0.39 is 12.1 Å². The van der Waals surface area contributed by atoms with E-state index in [4.69, 9.17) is 19.9 Å². The number of aliphatic hydroxyl groups excluding tert-OH is 1. The van der Waals surface area contributed by atoms with E-state index in [0.717, 1.165) is 12.8 Å². The first-order chi connectivity index (χ1) is 17.6. The molecular formula is C28H49N3O6. The van der Waals surface area contributed by atoms with Gasteiger partial charge >= 0.3 is 0 Å². The smallest absolute Gasteiger partial charge is 0.255 e. The highest BCUT2D eigenvalue weighted by molar-refractivity contribution is 5.97. The number of nitrogens with two attached hydrogens (primary N) is 1. The third kappa shape index (κ3) is 12.2. The predicted octanol–water partition coefficient (Wildman–Crippen LogP) is 3.13. The van der Waals surface area contributed by atoms with Crippen LogP contribution in [0.4, 0.5) is 0 Å². The zero-order valence-electron chi connectivity index (χ0n) is 23.5. The number of carbonyl (C=O) groups excluding carboxylic acids is 2. The van der Waals surface area contributed by atoms with Crippen LogP contribution in [0, 0.1) is 17.8 Å². The summed E-state index contributed by atoms with van der Waals surface area (Å²) in [7, 11) is 3.20. The first kappa shape index (κ1) is 32.7. The molecule has 0 radical (unpaired) electrons. The van der Waals surface area contributed by atoms with Crippen LogP contribution in [0.1, 0.15) is 70.2 Å². The molecule has 9 nitrogen and oxygen atoms in total. The van der Waals surface area contributed by atoms with Crippen molar-refractivity contribution < 1.29 is 28.9 Å². The summed E-state index contributed by atoms with van der Waals surface area (Å²) in [5.41, 5.74) is 6.76. The van der Waals surface area contributed by atoms with Crippen molar-refractivity contribution in [2.75, 3.05) is 40.5 Å². The standard InChI is InChI=1S/C28H49N3O6/c1-7-8-12-30-27(33)20(4)15-25(32)24(29)16-21(19(2)3)18-31-28(34)23-11-10-22(36-6)17-26(23)37-14-9-13-35-5/h10-11,17,19-21,24-25,32H,7-9,12-16,18,29H2,1-6H3,(H,30,33)(H,31,34)/t20-,21-,24+,25+/m1/s1. The third-order valence-corrected chi connectivity index (χ3v) is 6.59. The predicted molar refractivity (Wildman–Crippen MR) is 146 cm³/mol. The highest BCUT2D eigenvalue weighted by Gasteiger charge is 2.26. The number of ether oxygens (including phenoxy) is 3. The molecule has 1 aromatic rings. The molecule has 9 heteroatoms. The van der Waals surface area contributed by atoms with Gasteiger partial charge in [0.25, 0.3) is 5.91 Å². The number of carbonyl (C=O) groups is 2. The summed E-state index contributed by atoms with van der Waals surface area (Å²) in [6.07, 6.45) is 2.65. The molecule has 0 heterocycles. The van der Waals surface area contributed by atoms with Gasteiger partial charge in [-0.15, -0.1) is 0 Å². The van der Waals surface area contributed by atoms with E-state index in [1.54, 1.807) is 39.3 Å². The normalized spacial score (nSPS) is 14.5. The summed E-state index contributed by atoms with van der Waals surface area (Å²) in [6.45, 7) is 10.0. The number of nitrogens with one attached hydrogen (secondary N) is 2. The minimum absolute atomic E-state index is 0.0478. The number of rotatable bonds is 19. The number of methoxy groups -OCH3 is 2. The van der Waals surface area contributed by atoms with Gasteiger partial charge in [0.15, 0.2) is 0 Å². The van der Waals surface area contributed by atoms with Gasteiger partial charge in [0, 0.05) is 51.3 Å². The Bertz CT molecular complexity index is 804. The molecule has 212 valence electrons. The lowest BCUT2D eigenvalue weighted by molar-refractivity contribution is -0.125. The van der Waals surface area contributed by atoms with E-state index in [1.165, 1.54) is 0 Å². The summed E-state index contributed by atoms with van der Waals surface area (Å²) in [4.78, 5) is 25.3. The second kappa shape index (κ2) is 18.0. The van der Waals surface area contributed by atoms with Crippen molar-refractivity contribution in [2.24, 2.45) is 23.5 Å². The minimum atomic E-state index is -0.808. The molecule has 37 heavy (non-hydrogen) atoms. The fourth-order valence-electron chi connectivity index (χ4n) is 3.95. The van der Waals surface area contributed by atoms with Crippen molar-refractivity contribution in [3.63, 3.8) is 0 Å². The molecule has 0 aliphatic rings. The average Bonchev–Trinajstić information content (AvgIpc) is 2.88. The molecule has 1 rings (SSSR count). The summed E-state index contributed by atoms with van der Waals surface area (Å²) < 4.78 is 16.2. The maximum absolute atomic E-state index is 13.0. The summed E-state index contributed by atoms with van der Waals surface area (Å²) >= 11 is 0. The van der Waals surface area contributed by atoms with E-state index >= 15 is 0 Å². The Labute approximate surface area is 222 Å². The summed E-state index contributed by atoms with van der Waals surface area (Å²) in [6, 6.07) is 4.61. The Morgan fingerprint density at radius 2 is 1.78 bits per heavy atom. The molecule has 0 unspecified atom stereocenters. The molecule has 0 saturated heterocycles. The number of aliphatic hydroxyl groups is 1. The first-order valence-corrected chi connectivity index (χ1v) is 13.4.